The van der Waals surface area contributed by atoms with E-state index in [9.17, 15) is 0 Å². The molecule has 3 aromatic rings. The maximum atomic E-state index is 4.76. The molecule has 0 N–H and O–H groups in total. The van der Waals surface area contributed by atoms with Gasteiger partial charge in [0.15, 0.2) is 0 Å². The molecular weight excluding hydrogens is 473 g/mol. The second kappa shape index (κ2) is 13.7. The molecule has 1 heterocycles. The van der Waals surface area contributed by atoms with Gasteiger partial charge in [0.05, 0.1) is 35.2 Å². The maximum absolute atomic E-state index is 4.76. The average Bonchev–Trinajstić information content (AvgIpc) is 3.17. The van der Waals surface area contributed by atoms with Crippen LogP contribution in [0.5, 0.6) is 0 Å². The predicted molar refractivity (Wildman–Crippen MR) is 130 cm³/mol. The van der Waals surface area contributed by atoms with Gasteiger partial charge in [-0.1, -0.05) is 60.7 Å². The van der Waals surface area contributed by atoms with Crippen LogP contribution in [0.2, 0.25) is 0 Å². The Morgan fingerprint density at radius 3 is 1.42 bits per heavy atom. The second-order valence-corrected chi connectivity index (χ2v) is 8.22. The summed E-state index contributed by atoms with van der Waals surface area (Å²) in [5.74, 6) is 0. The summed E-state index contributed by atoms with van der Waals surface area (Å²) in [6, 6.07) is 23.9. The molecule has 0 atom stereocenters. The van der Waals surface area contributed by atoms with E-state index in [1.807, 2.05) is 98.3 Å². The Hall–Kier alpha value is -2.50. The van der Waals surface area contributed by atoms with Crippen LogP contribution in [0.1, 0.15) is 36.4 Å². The Morgan fingerprint density at radius 1 is 0.710 bits per heavy atom. The van der Waals surface area contributed by atoms with Gasteiger partial charge in [0.1, 0.15) is 0 Å². The molecular formula is C23H23Cl2FeN5. The molecule has 31 heavy (non-hydrogen) atoms. The fourth-order valence-electron chi connectivity index (χ4n) is 2.78. The van der Waals surface area contributed by atoms with Crippen molar-refractivity contribution in [3.8, 4) is 0 Å². The van der Waals surface area contributed by atoms with Crippen LogP contribution in [0, 0.1) is 0 Å². The SMILES string of the molecule is C/C(=N\N=C/c1ccccc1)c1ccc(/C(C)=N/N=C\c2ccccc2)n1C.[Cl][Fe][Cl]. The van der Waals surface area contributed by atoms with Gasteiger partial charge in [-0.15, -0.1) is 0 Å². The zero-order valence-corrected chi connectivity index (χ0v) is 20.0. The van der Waals surface area contributed by atoms with Crippen molar-refractivity contribution in [3.63, 3.8) is 0 Å². The number of halogens is 2. The van der Waals surface area contributed by atoms with E-state index in [2.05, 4.69) is 20.4 Å². The van der Waals surface area contributed by atoms with Gasteiger partial charge in [0.2, 0.25) is 0 Å². The number of aromatic nitrogens is 1. The van der Waals surface area contributed by atoms with Gasteiger partial charge in [0.25, 0.3) is 0 Å². The number of hydrogen-bond acceptors (Lipinski definition) is 4. The van der Waals surface area contributed by atoms with E-state index < -0.39 is 0 Å². The molecule has 0 unspecified atom stereocenters. The number of nitrogens with zero attached hydrogens (tertiary/aromatic N) is 5. The van der Waals surface area contributed by atoms with Crippen LogP contribution < -0.4 is 0 Å². The van der Waals surface area contributed by atoms with Crippen molar-refractivity contribution in [3.05, 3.63) is 95.3 Å². The van der Waals surface area contributed by atoms with Gasteiger partial charge < -0.3 is 4.57 Å². The zero-order chi connectivity index (χ0) is 22.5. The van der Waals surface area contributed by atoms with Crippen LogP contribution >= 0.6 is 20.2 Å². The van der Waals surface area contributed by atoms with E-state index in [4.69, 9.17) is 20.2 Å². The topological polar surface area (TPSA) is 54.4 Å². The Balaban J connectivity index is 0.00000107. The van der Waals surface area contributed by atoms with Crippen molar-refractivity contribution < 1.29 is 13.1 Å². The molecule has 0 radical (unpaired) electrons. The molecule has 0 aliphatic carbocycles. The molecule has 3 rings (SSSR count). The first-order chi connectivity index (χ1) is 15.1. The van der Waals surface area contributed by atoms with Crippen molar-refractivity contribution in [2.75, 3.05) is 0 Å². The molecule has 2 aromatic carbocycles. The number of rotatable bonds is 6. The molecule has 162 valence electrons. The summed E-state index contributed by atoms with van der Waals surface area (Å²) in [6.07, 6.45) is 3.50. The predicted octanol–water partition coefficient (Wildman–Crippen LogP) is 6.09. The fraction of sp³-hybridized carbons (Fsp3) is 0.130. The van der Waals surface area contributed by atoms with Crippen LogP contribution in [0.25, 0.3) is 0 Å². The van der Waals surface area contributed by atoms with E-state index in [0.717, 1.165) is 33.9 Å². The van der Waals surface area contributed by atoms with Crippen molar-refractivity contribution in [1.29, 1.82) is 0 Å². The van der Waals surface area contributed by atoms with Gasteiger partial charge in [-0.3, -0.25) is 0 Å². The summed E-state index contributed by atoms with van der Waals surface area (Å²) in [7, 11) is 11.5. The fourth-order valence-corrected chi connectivity index (χ4v) is 2.78. The van der Waals surface area contributed by atoms with Crippen molar-refractivity contribution in [2.24, 2.45) is 27.5 Å². The summed E-state index contributed by atoms with van der Waals surface area (Å²) >= 11 is 0.194. The summed E-state index contributed by atoms with van der Waals surface area (Å²) < 4.78 is 2.05. The molecule has 5 nitrogen and oxygen atoms in total. The molecule has 0 spiro atoms. The van der Waals surface area contributed by atoms with Gasteiger partial charge in [-0.25, -0.2) is 0 Å². The molecule has 0 amide bonds. The average molecular weight is 496 g/mol. The molecule has 1 aromatic heterocycles. The molecule has 8 heteroatoms. The molecule has 0 saturated carbocycles. The zero-order valence-electron chi connectivity index (χ0n) is 17.4. The van der Waals surface area contributed by atoms with Crippen molar-refractivity contribution >= 4 is 44.0 Å². The second-order valence-electron chi connectivity index (χ2n) is 6.39. The monoisotopic (exact) mass is 495 g/mol. The normalized spacial score (nSPS) is 12.4. The van der Waals surface area contributed by atoms with Crippen LogP contribution in [0.4, 0.5) is 0 Å². The van der Waals surface area contributed by atoms with E-state index in [-0.39, 0.29) is 13.1 Å². The van der Waals surface area contributed by atoms with E-state index >= 15 is 0 Å². The Kier molecular flexibility index (Phi) is 11.0. The third-order valence-corrected chi connectivity index (χ3v) is 4.29. The number of hydrogen-bond donors (Lipinski definition) is 0. The number of benzene rings is 2. The van der Waals surface area contributed by atoms with Gasteiger partial charge in [-0.2, -0.15) is 20.4 Å². The van der Waals surface area contributed by atoms with E-state index in [1.165, 1.54) is 0 Å². The quantitative estimate of drug-likeness (QED) is 0.226. The third kappa shape index (κ3) is 8.27. The first kappa shape index (κ1) is 24.8. The summed E-state index contributed by atoms with van der Waals surface area (Å²) in [5, 5.41) is 17.0. The summed E-state index contributed by atoms with van der Waals surface area (Å²) in [4.78, 5) is 0. The molecule has 0 fully saturated rings. The van der Waals surface area contributed by atoms with Crippen molar-refractivity contribution in [1.82, 2.24) is 4.57 Å². The molecule has 0 saturated heterocycles. The van der Waals surface area contributed by atoms with Crippen LogP contribution in [-0.4, -0.2) is 28.4 Å². The minimum atomic E-state index is 0.194. The summed E-state index contributed by atoms with van der Waals surface area (Å²) in [5.41, 5.74) is 5.68. The first-order valence-electron chi connectivity index (χ1n) is 9.33. The van der Waals surface area contributed by atoms with E-state index in [1.54, 1.807) is 12.4 Å². The third-order valence-electron chi connectivity index (χ3n) is 4.29. The first-order valence-corrected chi connectivity index (χ1v) is 12.4. The summed E-state index contributed by atoms with van der Waals surface area (Å²) in [6.45, 7) is 3.89. The van der Waals surface area contributed by atoms with Gasteiger partial charge >= 0.3 is 33.3 Å². The van der Waals surface area contributed by atoms with Gasteiger partial charge in [-0.05, 0) is 37.1 Å². The van der Waals surface area contributed by atoms with Crippen LogP contribution in [0.15, 0.2) is 93.2 Å². The molecule has 0 aliphatic heterocycles. The molecule has 0 bridgehead atoms. The minimum absolute atomic E-state index is 0.194. The van der Waals surface area contributed by atoms with Gasteiger partial charge in [0, 0.05) is 7.05 Å². The Labute approximate surface area is 197 Å². The Bertz CT molecular complexity index is 975. The van der Waals surface area contributed by atoms with Crippen molar-refractivity contribution in [2.45, 2.75) is 13.8 Å². The standard InChI is InChI=1S/C23H23N5.2ClH.Fe/c1-18(26-24-16-20-10-6-4-7-11-20)22-14-15-23(28(22)3)19(2)27-25-17-21-12-8-5-9-13-21;;;/h4-17H,1-3H3;2*1H;/q;;;+2/p-2/b24-16-,25-17-,26-18+,27-19+;;;. The van der Waals surface area contributed by atoms with Crippen LogP contribution in [-0.2, 0) is 20.2 Å². The Morgan fingerprint density at radius 2 is 1.06 bits per heavy atom. The van der Waals surface area contributed by atoms with E-state index in [0.29, 0.717) is 0 Å². The van der Waals surface area contributed by atoms with Crippen LogP contribution in [0.3, 0.4) is 0 Å². The molecule has 0 aliphatic rings.